The van der Waals surface area contributed by atoms with Gasteiger partial charge in [-0.25, -0.2) is 9.59 Å². The van der Waals surface area contributed by atoms with Crippen molar-refractivity contribution in [2.45, 2.75) is 78.7 Å². The minimum Gasteiger partial charge on any atom is -0.488 e. The summed E-state index contributed by atoms with van der Waals surface area (Å²) in [6, 6.07) is 5.46. The van der Waals surface area contributed by atoms with E-state index in [2.05, 4.69) is 10.3 Å². The number of hydrogen-bond donors (Lipinski definition) is 2. The van der Waals surface area contributed by atoms with Gasteiger partial charge in [0.25, 0.3) is 0 Å². The van der Waals surface area contributed by atoms with Crippen LogP contribution in [0.15, 0.2) is 29.6 Å². The first-order chi connectivity index (χ1) is 16.6. The number of carbonyl (C=O) groups is 3. The minimum atomic E-state index is -1.12. The first-order valence-electron chi connectivity index (χ1n) is 11.9. The second kappa shape index (κ2) is 10.5. The van der Waals surface area contributed by atoms with Crippen molar-refractivity contribution in [1.82, 2.24) is 15.2 Å². The zero-order valence-electron chi connectivity index (χ0n) is 21.8. The number of hydrogen-bond acceptors (Lipinski definition) is 7. The fraction of sp³-hybridized carbons (Fsp3) is 0.538. The van der Waals surface area contributed by atoms with Crippen LogP contribution in [0.2, 0.25) is 0 Å². The normalized spacial score (nSPS) is 19.0. The zero-order chi connectivity index (χ0) is 26.8. The van der Waals surface area contributed by atoms with E-state index in [0.29, 0.717) is 5.75 Å². The third kappa shape index (κ3) is 6.96. The Balaban J connectivity index is 1.80. The fourth-order valence-electron chi connectivity index (χ4n) is 4.05. The number of likely N-dealkylation sites (tertiary alicyclic amines) is 1. The number of ether oxygens (including phenoxy) is 2. The van der Waals surface area contributed by atoms with Gasteiger partial charge in [0.15, 0.2) is 0 Å². The topological polar surface area (TPSA) is 118 Å². The highest BCUT2D eigenvalue weighted by Gasteiger charge is 2.46. The van der Waals surface area contributed by atoms with Crippen molar-refractivity contribution in [3.05, 3.63) is 35.3 Å². The monoisotopic (exact) mass is 517 g/mol. The van der Waals surface area contributed by atoms with Crippen LogP contribution in [-0.2, 0) is 14.3 Å². The second-order valence-electron chi connectivity index (χ2n) is 11.1. The predicted molar refractivity (Wildman–Crippen MR) is 137 cm³/mol. The lowest BCUT2D eigenvalue weighted by Crippen LogP contribution is -2.57. The number of rotatable bonds is 6. The quantitative estimate of drug-likeness (QED) is 0.580. The Morgan fingerprint density at radius 2 is 1.89 bits per heavy atom. The van der Waals surface area contributed by atoms with Gasteiger partial charge in [0.2, 0.25) is 5.91 Å². The molecule has 1 aliphatic rings. The molecule has 0 saturated carbocycles. The first kappa shape index (κ1) is 27.4. The number of pyridine rings is 1. The molecule has 0 radical (unpaired) electrons. The summed E-state index contributed by atoms with van der Waals surface area (Å²) in [5.41, 5.74) is 0.116. The van der Waals surface area contributed by atoms with Crippen molar-refractivity contribution in [1.29, 1.82) is 0 Å². The maximum Gasteiger partial charge on any atom is 0.408 e. The van der Waals surface area contributed by atoms with Gasteiger partial charge in [-0.05, 0) is 44.6 Å². The Labute approximate surface area is 215 Å². The van der Waals surface area contributed by atoms with Gasteiger partial charge in [-0.2, -0.15) is 0 Å². The Hall–Kier alpha value is -3.14. The SMILES string of the molecule is Cc1cc(OC2CC(C(=O)O)N(C(=O)C(NC(=O)OC(C)(C)C)C(C)(C)C)C2)cc(-c2cccs2)n1. The molecule has 10 heteroatoms. The van der Waals surface area contributed by atoms with Crippen molar-refractivity contribution in [3.8, 4) is 16.3 Å². The highest BCUT2D eigenvalue weighted by Crippen LogP contribution is 2.31. The number of aromatic nitrogens is 1. The largest absolute Gasteiger partial charge is 0.488 e. The van der Waals surface area contributed by atoms with E-state index in [1.807, 2.05) is 30.5 Å². The molecule has 196 valence electrons. The second-order valence-corrected chi connectivity index (χ2v) is 12.0. The predicted octanol–water partition coefficient (Wildman–Crippen LogP) is 4.49. The highest BCUT2D eigenvalue weighted by atomic mass is 32.1. The number of carbonyl (C=O) groups excluding carboxylic acids is 2. The van der Waals surface area contributed by atoms with Crippen molar-refractivity contribution >= 4 is 29.3 Å². The summed E-state index contributed by atoms with van der Waals surface area (Å²) < 4.78 is 11.5. The number of carboxylic acids is 1. The molecule has 3 heterocycles. The molecule has 1 aliphatic heterocycles. The lowest BCUT2D eigenvalue weighted by molar-refractivity contribution is -0.150. The van der Waals surface area contributed by atoms with Crippen LogP contribution in [0.5, 0.6) is 5.75 Å². The van der Waals surface area contributed by atoms with Crippen molar-refractivity contribution in [3.63, 3.8) is 0 Å². The summed E-state index contributed by atoms with van der Waals surface area (Å²) in [6.07, 6.45) is -1.14. The van der Waals surface area contributed by atoms with Crippen LogP contribution < -0.4 is 10.1 Å². The van der Waals surface area contributed by atoms with Crippen LogP contribution in [0, 0.1) is 12.3 Å². The molecule has 2 aromatic heterocycles. The zero-order valence-corrected chi connectivity index (χ0v) is 22.6. The summed E-state index contributed by atoms with van der Waals surface area (Å²) in [5, 5.41) is 14.5. The van der Waals surface area contributed by atoms with Crippen LogP contribution in [0.4, 0.5) is 4.79 Å². The maximum absolute atomic E-state index is 13.6. The number of carboxylic acid groups (broad SMARTS) is 1. The number of aryl methyl sites for hydroxylation is 1. The van der Waals surface area contributed by atoms with Crippen molar-refractivity contribution < 1.29 is 29.0 Å². The fourth-order valence-corrected chi connectivity index (χ4v) is 4.73. The Kier molecular flexibility index (Phi) is 7.97. The molecular formula is C26H35N3O6S. The van der Waals surface area contributed by atoms with Gasteiger partial charge in [0.05, 0.1) is 17.1 Å². The summed E-state index contributed by atoms with van der Waals surface area (Å²) in [4.78, 5) is 45.0. The standard InChI is InChI=1S/C26H35N3O6S/c1-15-11-16(12-18(27-15)20-9-8-10-36-20)34-17-13-19(23(31)32)29(14-17)22(30)21(25(2,3)4)28-24(33)35-26(5,6)7/h8-12,17,19,21H,13-14H2,1-7H3,(H,28,33)(H,31,32). The van der Waals surface area contributed by atoms with Crippen LogP contribution in [0.1, 0.15) is 53.7 Å². The van der Waals surface area contributed by atoms with Gasteiger partial charge in [-0.15, -0.1) is 11.3 Å². The van der Waals surface area contributed by atoms with E-state index in [4.69, 9.17) is 9.47 Å². The average molecular weight is 518 g/mol. The minimum absolute atomic E-state index is 0.0775. The molecule has 2 amide bonds. The van der Waals surface area contributed by atoms with Gasteiger partial charge in [-0.1, -0.05) is 26.8 Å². The highest BCUT2D eigenvalue weighted by molar-refractivity contribution is 7.13. The molecule has 1 fully saturated rings. The molecule has 0 spiro atoms. The molecule has 1 saturated heterocycles. The average Bonchev–Trinajstić information content (AvgIpc) is 3.39. The number of thiophene rings is 1. The number of nitrogens with one attached hydrogen (secondary N) is 1. The summed E-state index contributed by atoms with van der Waals surface area (Å²) >= 11 is 1.56. The summed E-state index contributed by atoms with van der Waals surface area (Å²) in [7, 11) is 0. The van der Waals surface area contributed by atoms with E-state index in [9.17, 15) is 19.5 Å². The van der Waals surface area contributed by atoms with Crippen LogP contribution >= 0.6 is 11.3 Å². The molecule has 0 aliphatic carbocycles. The van der Waals surface area contributed by atoms with E-state index in [1.165, 1.54) is 4.90 Å². The lowest BCUT2D eigenvalue weighted by Gasteiger charge is -2.35. The van der Waals surface area contributed by atoms with E-state index in [-0.39, 0.29) is 13.0 Å². The third-order valence-corrected chi connectivity index (χ3v) is 6.50. The molecule has 0 aromatic carbocycles. The van der Waals surface area contributed by atoms with Crippen LogP contribution in [-0.4, -0.2) is 63.3 Å². The van der Waals surface area contributed by atoms with Crippen molar-refractivity contribution in [2.24, 2.45) is 5.41 Å². The Morgan fingerprint density at radius 3 is 2.44 bits per heavy atom. The molecule has 2 N–H and O–H groups in total. The van der Waals surface area contributed by atoms with Gasteiger partial charge in [-0.3, -0.25) is 9.78 Å². The van der Waals surface area contributed by atoms with Crippen LogP contribution in [0.25, 0.3) is 10.6 Å². The Bertz CT molecular complexity index is 1100. The van der Waals surface area contributed by atoms with Gasteiger partial charge in [0.1, 0.15) is 29.5 Å². The van der Waals surface area contributed by atoms with E-state index >= 15 is 0 Å². The molecule has 9 nitrogen and oxygen atoms in total. The van der Waals surface area contributed by atoms with Gasteiger partial charge in [0, 0.05) is 24.2 Å². The van der Waals surface area contributed by atoms with Gasteiger partial charge >= 0.3 is 12.1 Å². The Morgan fingerprint density at radius 1 is 1.19 bits per heavy atom. The van der Waals surface area contributed by atoms with Gasteiger partial charge < -0.3 is 24.8 Å². The van der Waals surface area contributed by atoms with Crippen molar-refractivity contribution in [2.75, 3.05) is 6.54 Å². The summed E-state index contributed by atoms with van der Waals surface area (Å²) in [5.74, 6) is -1.05. The maximum atomic E-state index is 13.6. The number of amides is 2. The molecule has 3 unspecified atom stereocenters. The van der Waals surface area contributed by atoms with E-state index < -0.39 is 47.2 Å². The van der Waals surface area contributed by atoms with Crippen LogP contribution in [0.3, 0.4) is 0 Å². The number of alkyl carbamates (subject to hydrolysis) is 1. The summed E-state index contributed by atoms with van der Waals surface area (Å²) in [6.45, 7) is 12.5. The molecular weight excluding hydrogens is 482 g/mol. The molecule has 3 atom stereocenters. The molecule has 36 heavy (non-hydrogen) atoms. The molecule has 0 bridgehead atoms. The number of nitrogens with zero attached hydrogens (tertiary/aromatic N) is 2. The number of aliphatic carboxylic acids is 1. The lowest BCUT2D eigenvalue weighted by atomic mass is 9.85. The smallest absolute Gasteiger partial charge is 0.408 e. The molecule has 2 aromatic rings. The van der Waals surface area contributed by atoms with E-state index in [1.54, 1.807) is 58.9 Å². The van der Waals surface area contributed by atoms with E-state index in [0.717, 1.165) is 16.3 Å². The molecule has 3 rings (SSSR count). The first-order valence-corrected chi connectivity index (χ1v) is 12.7. The third-order valence-electron chi connectivity index (χ3n) is 5.61.